The van der Waals surface area contributed by atoms with Gasteiger partial charge in [0.25, 0.3) is 5.56 Å². The minimum absolute atomic E-state index is 0.0885. The van der Waals surface area contributed by atoms with Gasteiger partial charge in [0.2, 0.25) is 5.95 Å². The van der Waals surface area contributed by atoms with Crippen LogP contribution in [0, 0.1) is 6.92 Å². The lowest BCUT2D eigenvalue weighted by Gasteiger charge is -2.32. The van der Waals surface area contributed by atoms with Crippen molar-refractivity contribution in [3.8, 4) is 11.1 Å². The number of hydrogen-bond donors (Lipinski definition) is 1. The largest absolute Gasteiger partial charge is 0.340 e. The third kappa shape index (κ3) is 3.17. The topological polar surface area (TPSA) is 70.1 Å². The van der Waals surface area contributed by atoms with Crippen LogP contribution in [0.3, 0.4) is 0 Å². The fraction of sp³-hybridized carbons (Fsp3) is 0.318. The Labute approximate surface area is 168 Å². The maximum atomic E-state index is 12.6. The molecule has 0 saturated carbocycles. The summed E-state index contributed by atoms with van der Waals surface area (Å²) in [6.45, 7) is 5.73. The zero-order valence-electron chi connectivity index (χ0n) is 16.9. The fourth-order valence-electron chi connectivity index (χ4n) is 4.07. The van der Waals surface area contributed by atoms with E-state index in [4.69, 9.17) is 4.98 Å². The van der Waals surface area contributed by atoms with Crippen LogP contribution in [0.15, 0.2) is 41.3 Å². The highest BCUT2D eigenvalue weighted by atomic mass is 16.1. The summed E-state index contributed by atoms with van der Waals surface area (Å²) in [7, 11) is 4.05. The van der Waals surface area contributed by atoms with Crippen molar-refractivity contribution in [3.05, 3.63) is 52.4 Å². The van der Waals surface area contributed by atoms with E-state index >= 15 is 0 Å². The van der Waals surface area contributed by atoms with E-state index in [1.54, 1.807) is 0 Å². The minimum atomic E-state index is -0.0885. The van der Waals surface area contributed by atoms with E-state index in [0.29, 0.717) is 11.3 Å². The number of nitrogens with zero attached hydrogens (tertiary/aromatic N) is 5. The van der Waals surface area contributed by atoms with Gasteiger partial charge in [0, 0.05) is 44.8 Å². The van der Waals surface area contributed by atoms with Gasteiger partial charge in [-0.3, -0.25) is 14.5 Å². The molecule has 0 spiro atoms. The van der Waals surface area contributed by atoms with Crippen molar-refractivity contribution in [3.63, 3.8) is 0 Å². The van der Waals surface area contributed by atoms with Crippen LogP contribution in [-0.4, -0.2) is 57.9 Å². The minimum Gasteiger partial charge on any atom is -0.340 e. The van der Waals surface area contributed by atoms with Crippen molar-refractivity contribution in [2.45, 2.75) is 6.92 Å². The first-order chi connectivity index (χ1) is 14.0. The van der Waals surface area contributed by atoms with Gasteiger partial charge < -0.3 is 9.80 Å². The summed E-state index contributed by atoms with van der Waals surface area (Å²) in [5.74, 6) is 0.659. The molecule has 148 valence electrons. The van der Waals surface area contributed by atoms with Crippen LogP contribution in [0.25, 0.3) is 32.9 Å². The highest BCUT2D eigenvalue weighted by Gasteiger charge is 2.17. The lowest BCUT2D eigenvalue weighted by atomic mass is 10.00. The number of aromatic amines is 1. The standard InChI is InChI=1S/C22H24N6O/c1-14-10-16(11-17-13-27(3)25-20(14)17)15-4-5-18-19(12-15)23-22(24-21(18)29)28-8-6-26(2)7-9-28/h4-5,10-13H,6-9H2,1-3H3,(H,23,24,29). The SMILES string of the molecule is Cc1cc(-c2ccc3c(=O)[nH]c(N4CCN(C)CC4)nc3c2)cc2cn(C)nc12. The number of aryl methyl sites for hydroxylation is 2. The highest BCUT2D eigenvalue weighted by Crippen LogP contribution is 2.28. The Hall–Kier alpha value is -3.19. The van der Waals surface area contributed by atoms with Crippen LogP contribution in [0.2, 0.25) is 0 Å². The molecular weight excluding hydrogens is 364 g/mol. The number of aromatic nitrogens is 4. The summed E-state index contributed by atoms with van der Waals surface area (Å²) in [5, 5.41) is 6.25. The van der Waals surface area contributed by atoms with Crippen molar-refractivity contribution in [2.24, 2.45) is 7.05 Å². The van der Waals surface area contributed by atoms with Crippen molar-refractivity contribution < 1.29 is 0 Å². The van der Waals surface area contributed by atoms with E-state index in [-0.39, 0.29) is 5.56 Å². The lowest BCUT2D eigenvalue weighted by molar-refractivity contribution is 0.311. The second-order valence-electron chi connectivity index (χ2n) is 7.95. The molecule has 3 heterocycles. The van der Waals surface area contributed by atoms with Gasteiger partial charge in [-0.1, -0.05) is 6.07 Å². The van der Waals surface area contributed by atoms with Gasteiger partial charge >= 0.3 is 0 Å². The molecule has 0 bridgehead atoms. The second kappa shape index (κ2) is 6.70. The molecule has 2 aromatic carbocycles. The first-order valence-electron chi connectivity index (χ1n) is 9.90. The van der Waals surface area contributed by atoms with Gasteiger partial charge in [-0.25, -0.2) is 4.98 Å². The van der Waals surface area contributed by atoms with Crippen molar-refractivity contribution in [2.75, 3.05) is 38.1 Å². The van der Waals surface area contributed by atoms with Gasteiger partial charge in [0.05, 0.1) is 16.4 Å². The zero-order chi connectivity index (χ0) is 20.1. The summed E-state index contributed by atoms with van der Waals surface area (Å²) in [6.07, 6.45) is 2.03. The van der Waals surface area contributed by atoms with Gasteiger partial charge in [-0.05, 0) is 54.9 Å². The maximum absolute atomic E-state index is 12.6. The molecule has 1 fully saturated rings. The quantitative estimate of drug-likeness (QED) is 0.571. The van der Waals surface area contributed by atoms with Gasteiger partial charge in [-0.15, -0.1) is 0 Å². The van der Waals surface area contributed by atoms with E-state index in [0.717, 1.165) is 59.3 Å². The Morgan fingerprint density at radius 3 is 2.59 bits per heavy atom. The van der Waals surface area contributed by atoms with Crippen LogP contribution < -0.4 is 10.5 Å². The molecule has 1 aliphatic heterocycles. The van der Waals surface area contributed by atoms with Crippen LogP contribution >= 0.6 is 0 Å². The molecule has 0 unspecified atom stereocenters. The number of likely N-dealkylation sites (N-methyl/N-ethyl adjacent to an activating group) is 1. The number of fused-ring (bicyclic) bond motifs is 2. The number of anilines is 1. The molecular formula is C22H24N6O. The number of H-pyrrole nitrogens is 1. The van der Waals surface area contributed by atoms with Crippen molar-refractivity contribution in [1.82, 2.24) is 24.6 Å². The van der Waals surface area contributed by atoms with E-state index in [2.05, 4.69) is 46.0 Å². The molecule has 0 amide bonds. The Morgan fingerprint density at radius 2 is 1.79 bits per heavy atom. The van der Waals surface area contributed by atoms with Crippen LogP contribution in [0.5, 0.6) is 0 Å². The van der Waals surface area contributed by atoms with Crippen molar-refractivity contribution in [1.29, 1.82) is 0 Å². The molecule has 2 aromatic heterocycles. The molecule has 0 radical (unpaired) electrons. The zero-order valence-corrected chi connectivity index (χ0v) is 16.9. The Kier molecular flexibility index (Phi) is 4.13. The Bertz CT molecular complexity index is 1280. The smallest absolute Gasteiger partial charge is 0.260 e. The highest BCUT2D eigenvalue weighted by molar-refractivity contribution is 5.90. The summed E-state index contributed by atoms with van der Waals surface area (Å²) >= 11 is 0. The summed E-state index contributed by atoms with van der Waals surface area (Å²) < 4.78 is 1.84. The number of piperazine rings is 1. The average Bonchev–Trinajstić information content (AvgIpc) is 3.09. The molecule has 4 aromatic rings. The third-order valence-electron chi connectivity index (χ3n) is 5.74. The van der Waals surface area contributed by atoms with Gasteiger partial charge in [0.15, 0.2) is 0 Å². The summed E-state index contributed by atoms with van der Waals surface area (Å²) in [5.41, 5.74) is 4.94. The molecule has 7 nitrogen and oxygen atoms in total. The molecule has 0 atom stereocenters. The number of nitrogens with one attached hydrogen (secondary N) is 1. The van der Waals surface area contributed by atoms with E-state index in [1.165, 1.54) is 0 Å². The third-order valence-corrected chi connectivity index (χ3v) is 5.74. The number of hydrogen-bond acceptors (Lipinski definition) is 5. The molecule has 5 rings (SSSR count). The van der Waals surface area contributed by atoms with Crippen LogP contribution in [-0.2, 0) is 7.05 Å². The number of rotatable bonds is 2. The predicted molar refractivity (Wildman–Crippen MR) is 117 cm³/mol. The predicted octanol–water partition coefficient (Wildman–Crippen LogP) is 2.54. The molecule has 1 aliphatic rings. The van der Waals surface area contributed by atoms with Crippen LogP contribution in [0.4, 0.5) is 5.95 Å². The Morgan fingerprint density at radius 1 is 1.00 bits per heavy atom. The fourth-order valence-corrected chi connectivity index (χ4v) is 4.07. The lowest BCUT2D eigenvalue weighted by Crippen LogP contribution is -2.45. The molecule has 1 N–H and O–H groups in total. The van der Waals surface area contributed by atoms with E-state index in [1.807, 2.05) is 36.1 Å². The normalized spacial score (nSPS) is 15.5. The van der Waals surface area contributed by atoms with Crippen LogP contribution in [0.1, 0.15) is 5.56 Å². The molecule has 29 heavy (non-hydrogen) atoms. The van der Waals surface area contributed by atoms with E-state index in [9.17, 15) is 4.79 Å². The Balaban J connectivity index is 1.60. The molecule has 7 heteroatoms. The number of benzene rings is 2. The summed E-state index contributed by atoms with van der Waals surface area (Å²) in [4.78, 5) is 24.8. The molecule has 1 saturated heterocycles. The maximum Gasteiger partial charge on any atom is 0.260 e. The first-order valence-corrected chi connectivity index (χ1v) is 9.90. The van der Waals surface area contributed by atoms with Gasteiger partial charge in [-0.2, -0.15) is 5.10 Å². The summed E-state index contributed by atoms with van der Waals surface area (Å²) in [6, 6.07) is 10.2. The molecule has 0 aliphatic carbocycles. The van der Waals surface area contributed by atoms with E-state index < -0.39 is 0 Å². The average molecular weight is 388 g/mol. The monoisotopic (exact) mass is 388 g/mol. The first kappa shape index (κ1) is 17.9. The van der Waals surface area contributed by atoms with Crippen molar-refractivity contribution >= 4 is 27.8 Å². The van der Waals surface area contributed by atoms with Gasteiger partial charge in [0.1, 0.15) is 0 Å². The second-order valence-corrected chi connectivity index (χ2v) is 7.95.